The molecule has 0 unspecified atom stereocenters. The van der Waals surface area contributed by atoms with Gasteiger partial charge in [0, 0.05) is 21.5 Å². The second-order valence-corrected chi connectivity index (χ2v) is 9.53. The number of hydrogen-bond donors (Lipinski definition) is 0. The predicted octanol–water partition coefficient (Wildman–Crippen LogP) is 8.64. The quantitative estimate of drug-likeness (QED) is 0.226. The van der Waals surface area contributed by atoms with E-state index in [-0.39, 0.29) is 5.69 Å². The highest BCUT2D eigenvalue weighted by Gasteiger charge is 2.34. The molecule has 7 rings (SSSR count). The topological polar surface area (TPSA) is 57.4 Å². The molecule has 5 aromatic carbocycles. The van der Waals surface area contributed by atoms with Crippen LogP contribution in [0.2, 0.25) is 0 Å². The maximum atomic E-state index is 14.2. The Kier molecular flexibility index (Phi) is 5.00. The maximum Gasteiger partial charge on any atom is 0.418 e. The standard InChI is InChI=1S/C33H17F3N4/c34-33(35,36)26-12-3-6-15-29(26)39-27-13-4-1-10-22(27)24-17-31-25(16-30(24)39)23-11-2-5-14-28(23)40(31)32-20(18-37)8-7-9-21(32)19-38/h1-17H. The van der Waals surface area contributed by atoms with Crippen LogP contribution in [0.25, 0.3) is 55.0 Å². The van der Waals surface area contributed by atoms with Crippen LogP contribution in [-0.2, 0) is 6.18 Å². The summed E-state index contributed by atoms with van der Waals surface area (Å²) < 4.78 is 46.1. The fourth-order valence-corrected chi connectivity index (χ4v) is 5.80. The minimum absolute atomic E-state index is 0.0471. The van der Waals surface area contributed by atoms with Crippen molar-refractivity contribution in [2.24, 2.45) is 0 Å². The number of aromatic nitrogens is 2. The molecule has 190 valence electrons. The molecular weight excluding hydrogens is 509 g/mol. The number of halogens is 3. The summed E-state index contributed by atoms with van der Waals surface area (Å²) in [7, 11) is 0. The van der Waals surface area contributed by atoms with E-state index in [2.05, 4.69) is 12.1 Å². The van der Waals surface area contributed by atoms with Gasteiger partial charge in [-0.15, -0.1) is 0 Å². The van der Waals surface area contributed by atoms with Gasteiger partial charge in [-0.1, -0.05) is 54.6 Å². The molecule has 0 spiro atoms. The first kappa shape index (κ1) is 23.6. The normalized spacial score (nSPS) is 11.8. The van der Waals surface area contributed by atoms with Gasteiger partial charge in [0.2, 0.25) is 0 Å². The Labute approximate surface area is 225 Å². The Hall–Kier alpha value is -5.53. The third-order valence-electron chi connectivity index (χ3n) is 7.42. The lowest BCUT2D eigenvalue weighted by Gasteiger charge is -2.15. The second-order valence-electron chi connectivity index (χ2n) is 9.53. The minimum atomic E-state index is -4.54. The summed E-state index contributed by atoms with van der Waals surface area (Å²) in [5, 5.41) is 23.1. The van der Waals surface area contributed by atoms with Crippen LogP contribution < -0.4 is 0 Å². The Bertz CT molecular complexity index is 2210. The number of rotatable bonds is 2. The Morgan fingerprint density at radius 1 is 0.525 bits per heavy atom. The van der Waals surface area contributed by atoms with Crippen molar-refractivity contribution in [3.05, 3.63) is 120 Å². The molecule has 4 nitrogen and oxygen atoms in total. The van der Waals surface area contributed by atoms with Gasteiger partial charge in [0.15, 0.2) is 0 Å². The predicted molar refractivity (Wildman–Crippen MR) is 150 cm³/mol. The molecular formula is C33H17F3N4. The third-order valence-corrected chi connectivity index (χ3v) is 7.42. The zero-order chi connectivity index (χ0) is 27.6. The smallest absolute Gasteiger partial charge is 0.309 e. The van der Waals surface area contributed by atoms with Gasteiger partial charge in [-0.2, -0.15) is 23.7 Å². The first-order valence-corrected chi connectivity index (χ1v) is 12.5. The van der Waals surface area contributed by atoms with Gasteiger partial charge >= 0.3 is 6.18 Å². The van der Waals surface area contributed by atoms with E-state index in [1.165, 1.54) is 12.1 Å². The molecule has 0 saturated carbocycles. The molecule has 0 N–H and O–H groups in total. The van der Waals surface area contributed by atoms with Crippen LogP contribution in [0, 0.1) is 22.7 Å². The van der Waals surface area contributed by atoms with Crippen molar-refractivity contribution < 1.29 is 13.2 Å². The van der Waals surface area contributed by atoms with Crippen LogP contribution >= 0.6 is 0 Å². The van der Waals surface area contributed by atoms with E-state index >= 15 is 0 Å². The molecule has 0 atom stereocenters. The van der Waals surface area contributed by atoms with E-state index in [9.17, 15) is 23.7 Å². The molecule has 0 aliphatic rings. The highest BCUT2D eigenvalue weighted by Crippen LogP contribution is 2.42. The fraction of sp³-hybridized carbons (Fsp3) is 0.0303. The van der Waals surface area contributed by atoms with Crippen molar-refractivity contribution in [3.8, 4) is 23.5 Å². The van der Waals surface area contributed by atoms with Gasteiger partial charge in [0.1, 0.15) is 12.1 Å². The average molecular weight is 527 g/mol. The molecule has 0 fully saturated rings. The summed E-state index contributed by atoms with van der Waals surface area (Å²) in [6.07, 6.45) is -4.54. The first-order chi connectivity index (χ1) is 19.4. The number of benzene rings is 5. The van der Waals surface area contributed by atoms with Crippen molar-refractivity contribution in [1.29, 1.82) is 10.5 Å². The van der Waals surface area contributed by atoms with Crippen molar-refractivity contribution >= 4 is 43.6 Å². The van der Waals surface area contributed by atoms with Gasteiger partial charge in [-0.3, -0.25) is 0 Å². The average Bonchev–Trinajstić information content (AvgIpc) is 3.47. The Balaban J connectivity index is 1.70. The van der Waals surface area contributed by atoms with E-state index in [0.29, 0.717) is 27.8 Å². The molecule has 7 heteroatoms. The lowest BCUT2D eigenvalue weighted by molar-refractivity contribution is -0.137. The zero-order valence-electron chi connectivity index (χ0n) is 20.7. The summed E-state index contributed by atoms with van der Waals surface area (Å²) in [5.74, 6) is 0. The minimum Gasteiger partial charge on any atom is -0.309 e. The van der Waals surface area contributed by atoms with E-state index in [4.69, 9.17) is 0 Å². The number of nitrogens with zero attached hydrogens (tertiary/aromatic N) is 4. The van der Waals surface area contributed by atoms with E-state index in [0.717, 1.165) is 38.6 Å². The molecule has 0 radical (unpaired) electrons. The molecule has 2 heterocycles. The van der Waals surface area contributed by atoms with E-state index in [1.54, 1.807) is 28.8 Å². The summed E-state index contributed by atoms with van der Waals surface area (Å²) in [5.41, 5.74) is 3.31. The number of fused-ring (bicyclic) bond motifs is 6. The summed E-state index contributed by atoms with van der Waals surface area (Å²) in [4.78, 5) is 0. The van der Waals surface area contributed by atoms with Crippen LogP contribution in [-0.4, -0.2) is 9.13 Å². The number of alkyl halides is 3. The number of hydrogen-bond acceptors (Lipinski definition) is 2. The molecule has 40 heavy (non-hydrogen) atoms. The Morgan fingerprint density at radius 2 is 1.02 bits per heavy atom. The van der Waals surface area contributed by atoms with Crippen molar-refractivity contribution in [2.75, 3.05) is 0 Å². The molecule has 0 bridgehead atoms. The number of nitriles is 2. The highest BCUT2D eigenvalue weighted by atomic mass is 19.4. The number of para-hydroxylation sites is 4. The van der Waals surface area contributed by atoms with E-state index in [1.807, 2.05) is 65.2 Å². The first-order valence-electron chi connectivity index (χ1n) is 12.5. The molecule has 0 aliphatic heterocycles. The van der Waals surface area contributed by atoms with Crippen molar-refractivity contribution in [3.63, 3.8) is 0 Å². The monoisotopic (exact) mass is 526 g/mol. The lowest BCUT2D eigenvalue weighted by Crippen LogP contribution is -2.10. The maximum absolute atomic E-state index is 14.2. The lowest BCUT2D eigenvalue weighted by atomic mass is 10.1. The van der Waals surface area contributed by atoms with Gasteiger partial charge in [-0.25, -0.2) is 0 Å². The van der Waals surface area contributed by atoms with Crippen molar-refractivity contribution in [2.45, 2.75) is 6.18 Å². The summed E-state index contributed by atoms with van der Waals surface area (Å²) in [6.45, 7) is 0. The third kappa shape index (κ3) is 3.25. The molecule has 7 aromatic rings. The van der Waals surface area contributed by atoms with Crippen LogP contribution in [0.15, 0.2) is 103 Å². The van der Waals surface area contributed by atoms with Crippen LogP contribution in [0.3, 0.4) is 0 Å². The van der Waals surface area contributed by atoms with Gasteiger partial charge < -0.3 is 9.13 Å². The largest absolute Gasteiger partial charge is 0.418 e. The SMILES string of the molecule is N#Cc1cccc(C#N)c1-n1c2ccccc2c2cc3c(cc21)c1ccccc1n3-c1ccccc1C(F)(F)F. The summed E-state index contributed by atoms with van der Waals surface area (Å²) >= 11 is 0. The molecule has 2 aromatic heterocycles. The van der Waals surface area contributed by atoms with Crippen LogP contribution in [0.5, 0.6) is 0 Å². The fourth-order valence-electron chi connectivity index (χ4n) is 5.80. The van der Waals surface area contributed by atoms with Gasteiger partial charge in [-0.05, 0) is 48.5 Å². The molecule has 0 saturated heterocycles. The van der Waals surface area contributed by atoms with Gasteiger partial charge in [0.05, 0.1) is 50.1 Å². The van der Waals surface area contributed by atoms with Crippen LogP contribution in [0.4, 0.5) is 13.2 Å². The van der Waals surface area contributed by atoms with Gasteiger partial charge in [0.25, 0.3) is 0 Å². The molecule has 0 aliphatic carbocycles. The Morgan fingerprint density at radius 3 is 1.60 bits per heavy atom. The van der Waals surface area contributed by atoms with Crippen molar-refractivity contribution in [1.82, 2.24) is 9.13 Å². The van der Waals surface area contributed by atoms with E-state index < -0.39 is 11.7 Å². The second kappa shape index (κ2) is 8.49. The zero-order valence-corrected chi connectivity index (χ0v) is 20.7. The molecule has 0 amide bonds. The summed E-state index contributed by atoms with van der Waals surface area (Å²) in [6, 6.07) is 34.0. The van der Waals surface area contributed by atoms with Crippen LogP contribution in [0.1, 0.15) is 16.7 Å². The highest BCUT2D eigenvalue weighted by molar-refractivity contribution is 6.19.